The number of carbonyl (C=O) groups is 2. The molecular formula is C31H37N3O5. The van der Waals surface area contributed by atoms with Crippen LogP contribution in [0.1, 0.15) is 29.8 Å². The molecule has 206 valence electrons. The van der Waals surface area contributed by atoms with E-state index in [-0.39, 0.29) is 36.6 Å². The fourth-order valence-corrected chi connectivity index (χ4v) is 4.80. The lowest BCUT2D eigenvalue weighted by molar-refractivity contribution is -0.0178. The van der Waals surface area contributed by atoms with Gasteiger partial charge in [0.05, 0.1) is 32.5 Å². The summed E-state index contributed by atoms with van der Waals surface area (Å²) in [5.74, 6) is 0.441. The van der Waals surface area contributed by atoms with Gasteiger partial charge in [-0.25, -0.2) is 4.79 Å². The molecule has 3 aromatic carbocycles. The highest BCUT2D eigenvalue weighted by molar-refractivity contribution is 6.01. The Balaban J connectivity index is 1.62. The summed E-state index contributed by atoms with van der Waals surface area (Å²) in [5.41, 5.74) is 3.97. The third-order valence-corrected chi connectivity index (χ3v) is 7.24. The van der Waals surface area contributed by atoms with Crippen LogP contribution in [0.3, 0.4) is 0 Å². The van der Waals surface area contributed by atoms with Gasteiger partial charge in [0, 0.05) is 37.3 Å². The van der Waals surface area contributed by atoms with Crippen molar-refractivity contribution in [2.75, 3.05) is 39.2 Å². The van der Waals surface area contributed by atoms with Crippen molar-refractivity contribution in [2.45, 2.75) is 32.6 Å². The van der Waals surface area contributed by atoms with Gasteiger partial charge in [0.25, 0.3) is 5.91 Å². The second-order valence-electron chi connectivity index (χ2n) is 10.1. The molecule has 0 aromatic heterocycles. The summed E-state index contributed by atoms with van der Waals surface area (Å²) >= 11 is 0. The minimum Gasteiger partial charge on any atom is -0.497 e. The van der Waals surface area contributed by atoms with Crippen molar-refractivity contribution in [1.82, 2.24) is 9.80 Å². The third-order valence-electron chi connectivity index (χ3n) is 7.24. The topological polar surface area (TPSA) is 91.3 Å². The average molecular weight is 532 g/mol. The van der Waals surface area contributed by atoms with Crippen LogP contribution < -0.4 is 10.1 Å². The van der Waals surface area contributed by atoms with Crippen LogP contribution in [0.25, 0.3) is 11.1 Å². The van der Waals surface area contributed by atoms with E-state index in [0.717, 1.165) is 16.7 Å². The van der Waals surface area contributed by atoms with Crippen LogP contribution in [0.15, 0.2) is 72.8 Å². The molecule has 0 aliphatic carbocycles. The molecule has 1 aliphatic heterocycles. The summed E-state index contributed by atoms with van der Waals surface area (Å²) in [4.78, 5) is 30.2. The van der Waals surface area contributed by atoms with E-state index in [1.807, 2.05) is 62.4 Å². The Morgan fingerprint density at radius 2 is 1.72 bits per heavy atom. The van der Waals surface area contributed by atoms with Gasteiger partial charge in [-0.05, 0) is 53.9 Å². The number of likely N-dealkylation sites (N-methyl/N-ethyl adjacent to an activating group) is 1. The molecular weight excluding hydrogens is 494 g/mol. The van der Waals surface area contributed by atoms with E-state index in [1.165, 1.54) is 0 Å². The van der Waals surface area contributed by atoms with E-state index < -0.39 is 0 Å². The number of fused-ring (bicyclic) bond motifs is 3. The number of carbonyl (C=O) groups excluding carboxylic acids is 2. The maximum absolute atomic E-state index is 13.9. The van der Waals surface area contributed by atoms with Crippen LogP contribution in [0.2, 0.25) is 0 Å². The van der Waals surface area contributed by atoms with Gasteiger partial charge in [0.2, 0.25) is 0 Å². The van der Waals surface area contributed by atoms with Gasteiger partial charge in [-0.15, -0.1) is 0 Å². The molecule has 0 unspecified atom stereocenters. The van der Waals surface area contributed by atoms with Crippen LogP contribution >= 0.6 is 0 Å². The lowest BCUT2D eigenvalue weighted by Gasteiger charge is -2.35. The first kappa shape index (κ1) is 28.1. The van der Waals surface area contributed by atoms with Gasteiger partial charge in [-0.3, -0.25) is 4.79 Å². The molecule has 0 radical (unpaired) electrons. The first-order valence-corrected chi connectivity index (χ1v) is 13.2. The van der Waals surface area contributed by atoms with Crippen molar-refractivity contribution in [2.24, 2.45) is 5.92 Å². The second kappa shape index (κ2) is 12.8. The molecule has 3 atom stereocenters. The van der Waals surface area contributed by atoms with Crippen LogP contribution in [0.4, 0.5) is 10.5 Å². The minimum absolute atomic E-state index is 0.128. The van der Waals surface area contributed by atoms with Crippen molar-refractivity contribution in [3.63, 3.8) is 0 Å². The highest BCUT2D eigenvalue weighted by Gasteiger charge is 2.31. The van der Waals surface area contributed by atoms with Gasteiger partial charge in [0.15, 0.2) is 0 Å². The fraction of sp³-hybridized carbons (Fsp3) is 0.355. The molecule has 0 saturated carbocycles. The summed E-state index contributed by atoms with van der Waals surface area (Å²) in [6.45, 7) is 4.70. The predicted molar refractivity (Wildman–Crippen MR) is 152 cm³/mol. The molecule has 8 nitrogen and oxygen atoms in total. The van der Waals surface area contributed by atoms with Crippen molar-refractivity contribution >= 4 is 17.6 Å². The van der Waals surface area contributed by atoms with E-state index in [0.29, 0.717) is 36.7 Å². The molecule has 3 aromatic rings. The van der Waals surface area contributed by atoms with E-state index in [9.17, 15) is 14.7 Å². The van der Waals surface area contributed by atoms with Crippen LogP contribution in [-0.2, 0) is 11.3 Å². The maximum Gasteiger partial charge on any atom is 0.321 e. The number of ether oxygens (including phenoxy) is 2. The summed E-state index contributed by atoms with van der Waals surface area (Å²) < 4.78 is 11.7. The van der Waals surface area contributed by atoms with E-state index in [4.69, 9.17) is 9.47 Å². The monoisotopic (exact) mass is 531 g/mol. The van der Waals surface area contributed by atoms with Crippen LogP contribution in [0.5, 0.6) is 5.75 Å². The molecule has 1 aliphatic rings. The molecule has 8 heteroatoms. The Morgan fingerprint density at radius 3 is 2.38 bits per heavy atom. The van der Waals surface area contributed by atoms with Gasteiger partial charge < -0.3 is 29.7 Å². The number of aliphatic hydroxyl groups is 1. The van der Waals surface area contributed by atoms with E-state index >= 15 is 0 Å². The molecule has 0 fully saturated rings. The standard InChI is InChI=1S/C31H37N3O5/c1-21-17-34(22(2)19-35)30(36)28-12-8-7-11-27(28)26-10-6-5-9-23(26)20-39-29(21)18-33(3)31(37)32-24-13-15-25(38-4)16-14-24/h5-16,21-22,29,35H,17-20H2,1-4H3,(H,32,37)/t21-,22+,29+/m1/s1. The smallest absolute Gasteiger partial charge is 0.321 e. The molecule has 39 heavy (non-hydrogen) atoms. The van der Waals surface area contributed by atoms with Crippen molar-refractivity contribution in [3.05, 3.63) is 83.9 Å². The first-order chi connectivity index (χ1) is 18.8. The maximum atomic E-state index is 13.9. The predicted octanol–water partition coefficient (Wildman–Crippen LogP) is 4.88. The van der Waals surface area contributed by atoms with Gasteiger partial charge in [-0.2, -0.15) is 0 Å². The number of hydrogen-bond acceptors (Lipinski definition) is 5. The van der Waals surface area contributed by atoms with Crippen molar-refractivity contribution in [3.8, 4) is 16.9 Å². The number of amides is 3. The minimum atomic E-state index is -0.388. The summed E-state index contributed by atoms with van der Waals surface area (Å²) in [6.07, 6.45) is -0.368. The lowest BCUT2D eigenvalue weighted by atomic mass is 9.94. The van der Waals surface area contributed by atoms with Crippen molar-refractivity contribution < 1.29 is 24.2 Å². The zero-order valence-electron chi connectivity index (χ0n) is 23.0. The zero-order chi connectivity index (χ0) is 27.9. The second-order valence-corrected chi connectivity index (χ2v) is 10.1. The molecule has 2 N–H and O–H groups in total. The Hall–Kier alpha value is -3.88. The highest BCUT2D eigenvalue weighted by atomic mass is 16.5. The number of aliphatic hydroxyl groups excluding tert-OH is 1. The fourth-order valence-electron chi connectivity index (χ4n) is 4.80. The van der Waals surface area contributed by atoms with Crippen LogP contribution in [-0.4, -0.2) is 72.8 Å². The zero-order valence-corrected chi connectivity index (χ0v) is 23.0. The number of benzene rings is 3. The SMILES string of the molecule is COc1ccc(NC(=O)N(C)C[C@@H]2OCc3ccccc3-c3ccccc3C(=O)N([C@@H](C)CO)C[C@H]2C)cc1. The number of methoxy groups -OCH3 is 1. The van der Waals surface area contributed by atoms with Crippen molar-refractivity contribution in [1.29, 1.82) is 0 Å². The molecule has 0 bridgehead atoms. The first-order valence-electron chi connectivity index (χ1n) is 13.2. The third kappa shape index (κ3) is 6.58. The summed E-state index contributed by atoms with van der Waals surface area (Å²) in [5, 5.41) is 12.9. The van der Waals surface area contributed by atoms with Gasteiger partial charge in [0.1, 0.15) is 5.75 Å². The molecule has 1 heterocycles. The number of hydrogen-bond donors (Lipinski definition) is 2. The number of nitrogens with zero attached hydrogens (tertiary/aromatic N) is 2. The van der Waals surface area contributed by atoms with Gasteiger partial charge in [-0.1, -0.05) is 49.4 Å². The normalized spacial score (nSPS) is 18.3. The molecule has 0 spiro atoms. The Kier molecular flexibility index (Phi) is 9.22. The average Bonchev–Trinajstić information content (AvgIpc) is 2.98. The number of urea groups is 1. The van der Waals surface area contributed by atoms with E-state index in [1.54, 1.807) is 48.2 Å². The highest BCUT2D eigenvalue weighted by Crippen LogP contribution is 2.31. The summed E-state index contributed by atoms with van der Waals surface area (Å²) in [6, 6.07) is 22.0. The molecule has 0 saturated heterocycles. The molecule has 4 rings (SSSR count). The Bertz CT molecular complexity index is 1280. The van der Waals surface area contributed by atoms with Crippen LogP contribution in [0, 0.1) is 5.92 Å². The Labute approximate surface area is 230 Å². The number of rotatable bonds is 6. The largest absolute Gasteiger partial charge is 0.497 e. The number of anilines is 1. The molecule has 3 amide bonds. The quantitative estimate of drug-likeness (QED) is 0.473. The Morgan fingerprint density at radius 1 is 1.08 bits per heavy atom. The van der Waals surface area contributed by atoms with E-state index in [2.05, 4.69) is 5.32 Å². The van der Waals surface area contributed by atoms with Gasteiger partial charge >= 0.3 is 6.03 Å². The summed E-state index contributed by atoms with van der Waals surface area (Å²) in [7, 11) is 3.32. The lowest BCUT2D eigenvalue weighted by Crippen LogP contribution is -2.48. The number of nitrogens with one attached hydrogen (secondary N) is 1.